The number of ketones is 1. The Hall–Kier alpha value is -1.72. The summed E-state index contributed by atoms with van der Waals surface area (Å²) in [4.78, 5) is 24.7. The number of non-ortho nitro benzene ring substituents is 1. The largest absolute Gasteiger partial charge is 0.299 e. The van der Waals surface area contributed by atoms with E-state index in [4.69, 9.17) is 0 Å². The van der Waals surface area contributed by atoms with Gasteiger partial charge in [-0.15, -0.1) is 12.4 Å². The van der Waals surface area contributed by atoms with Gasteiger partial charge in [0.05, 0.1) is 4.92 Å². The van der Waals surface area contributed by atoms with Crippen LogP contribution < -0.4 is 0 Å². The Morgan fingerprint density at radius 1 is 1.14 bits per heavy atom. The molecule has 6 heteroatoms. The Labute approximate surface area is 136 Å². The molecule has 1 saturated heterocycles. The first kappa shape index (κ1) is 18.3. The van der Waals surface area contributed by atoms with Crippen LogP contribution in [0.25, 0.3) is 0 Å². The average Bonchev–Trinajstić information content (AvgIpc) is 2.75. The smallest absolute Gasteiger partial charge is 0.269 e. The van der Waals surface area contributed by atoms with E-state index < -0.39 is 4.92 Å². The van der Waals surface area contributed by atoms with Gasteiger partial charge in [-0.1, -0.05) is 19.4 Å². The minimum Gasteiger partial charge on any atom is -0.299 e. The standard InChI is InChI=1S/C16H20N2O3.ClH/c1-13(12-17-10-4-2-3-5-11-17)16(19)14-6-8-15(9-7-14)18(20)21;/h6-9H,1-5,10-12H2;1H. The molecule has 22 heavy (non-hydrogen) atoms. The maximum Gasteiger partial charge on any atom is 0.269 e. The molecule has 0 N–H and O–H groups in total. The van der Waals surface area contributed by atoms with Gasteiger partial charge in [0, 0.05) is 29.8 Å². The lowest BCUT2D eigenvalue weighted by Gasteiger charge is -2.20. The van der Waals surface area contributed by atoms with Crippen LogP contribution in [0.2, 0.25) is 0 Å². The van der Waals surface area contributed by atoms with Crippen LogP contribution in [0.1, 0.15) is 36.0 Å². The maximum absolute atomic E-state index is 12.3. The van der Waals surface area contributed by atoms with Crippen molar-refractivity contribution in [2.45, 2.75) is 25.7 Å². The van der Waals surface area contributed by atoms with E-state index in [1.807, 2.05) is 0 Å². The predicted molar refractivity (Wildman–Crippen MR) is 88.7 cm³/mol. The number of likely N-dealkylation sites (tertiary alicyclic amines) is 1. The molecule has 1 fully saturated rings. The Morgan fingerprint density at radius 3 is 2.18 bits per heavy atom. The SMILES string of the molecule is C=C(CN1CCCCCC1)C(=O)c1ccc([N+](=O)[O-])cc1.Cl. The van der Waals surface area contributed by atoms with Gasteiger partial charge in [-0.25, -0.2) is 0 Å². The Bertz CT molecular complexity index is 535. The molecule has 0 aromatic heterocycles. The van der Waals surface area contributed by atoms with Crippen LogP contribution in [-0.4, -0.2) is 35.2 Å². The van der Waals surface area contributed by atoms with E-state index in [0.29, 0.717) is 17.7 Å². The molecule has 0 unspecified atom stereocenters. The van der Waals surface area contributed by atoms with Crippen LogP contribution in [0.15, 0.2) is 36.4 Å². The fourth-order valence-electron chi connectivity index (χ4n) is 2.57. The molecule has 1 aromatic carbocycles. The van der Waals surface area contributed by atoms with E-state index in [2.05, 4.69) is 11.5 Å². The highest BCUT2D eigenvalue weighted by Gasteiger charge is 2.16. The van der Waals surface area contributed by atoms with Gasteiger partial charge in [0.2, 0.25) is 0 Å². The number of hydrogen-bond donors (Lipinski definition) is 0. The molecule has 2 rings (SSSR count). The molecule has 120 valence electrons. The minimum absolute atomic E-state index is 0. The number of nitrogens with zero attached hydrogens (tertiary/aromatic N) is 2. The van der Waals surface area contributed by atoms with Crippen molar-refractivity contribution < 1.29 is 9.72 Å². The third-order valence-electron chi connectivity index (χ3n) is 3.77. The van der Waals surface area contributed by atoms with Gasteiger partial charge in [-0.3, -0.25) is 19.8 Å². The van der Waals surface area contributed by atoms with Crippen LogP contribution in [0.3, 0.4) is 0 Å². The normalized spacial score (nSPS) is 15.5. The fraction of sp³-hybridized carbons (Fsp3) is 0.438. The van der Waals surface area contributed by atoms with Gasteiger partial charge in [-0.2, -0.15) is 0 Å². The molecule has 0 amide bonds. The summed E-state index contributed by atoms with van der Waals surface area (Å²) >= 11 is 0. The van der Waals surface area contributed by atoms with E-state index >= 15 is 0 Å². The zero-order chi connectivity index (χ0) is 15.2. The summed E-state index contributed by atoms with van der Waals surface area (Å²) in [6.45, 7) is 6.48. The number of carbonyl (C=O) groups excluding carboxylic acids is 1. The molecule has 0 bridgehead atoms. The van der Waals surface area contributed by atoms with Crippen LogP contribution >= 0.6 is 12.4 Å². The maximum atomic E-state index is 12.3. The lowest BCUT2D eigenvalue weighted by atomic mass is 10.0. The molecular formula is C16H21ClN2O3. The van der Waals surface area contributed by atoms with Gasteiger partial charge in [0.1, 0.15) is 0 Å². The summed E-state index contributed by atoms with van der Waals surface area (Å²) in [6.07, 6.45) is 4.83. The zero-order valence-corrected chi connectivity index (χ0v) is 13.3. The van der Waals surface area contributed by atoms with Crippen molar-refractivity contribution in [2.75, 3.05) is 19.6 Å². The first-order chi connectivity index (χ1) is 10.1. The lowest BCUT2D eigenvalue weighted by Crippen LogP contribution is -2.28. The van der Waals surface area contributed by atoms with Gasteiger partial charge < -0.3 is 0 Å². The molecule has 5 nitrogen and oxygen atoms in total. The number of benzene rings is 1. The second kappa shape index (κ2) is 8.66. The van der Waals surface area contributed by atoms with Crippen molar-refractivity contribution in [3.05, 3.63) is 52.1 Å². The van der Waals surface area contributed by atoms with Crippen molar-refractivity contribution in [2.24, 2.45) is 0 Å². The quantitative estimate of drug-likeness (QED) is 0.359. The number of Topliss-reactive ketones (excluding diaryl/α,β-unsaturated/α-hetero) is 1. The van der Waals surface area contributed by atoms with Crippen LogP contribution in [0, 0.1) is 10.1 Å². The second-order valence-electron chi connectivity index (χ2n) is 5.43. The third-order valence-corrected chi connectivity index (χ3v) is 3.77. The van der Waals surface area contributed by atoms with Crippen molar-refractivity contribution in [1.29, 1.82) is 0 Å². The van der Waals surface area contributed by atoms with E-state index in [1.165, 1.54) is 49.9 Å². The Kier molecular flexibility index (Phi) is 7.21. The fourth-order valence-corrected chi connectivity index (χ4v) is 2.57. The summed E-state index contributed by atoms with van der Waals surface area (Å²) in [6, 6.07) is 5.70. The highest BCUT2D eigenvalue weighted by Crippen LogP contribution is 2.16. The molecule has 1 heterocycles. The van der Waals surface area contributed by atoms with Crippen molar-refractivity contribution in [3.8, 4) is 0 Å². The molecule has 0 radical (unpaired) electrons. The summed E-state index contributed by atoms with van der Waals surface area (Å²) in [5.74, 6) is -0.130. The number of rotatable bonds is 5. The van der Waals surface area contributed by atoms with Crippen molar-refractivity contribution >= 4 is 23.9 Å². The predicted octanol–water partition coefficient (Wildman–Crippen LogP) is 3.63. The summed E-state index contributed by atoms with van der Waals surface area (Å²) in [7, 11) is 0. The molecule has 0 spiro atoms. The van der Waals surface area contributed by atoms with E-state index in [0.717, 1.165) is 13.1 Å². The zero-order valence-electron chi connectivity index (χ0n) is 12.5. The molecular weight excluding hydrogens is 304 g/mol. The van der Waals surface area contributed by atoms with E-state index in [9.17, 15) is 14.9 Å². The Balaban J connectivity index is 0.00000242. The molecule has 1 aromatic rings. The minimum atomic E-state index is -0.472. The van der Waals surface area contributed by atoms with Crippen LogP contribution in [0.4, 0.5) is 5.69 Å². The van der Waals surface area contributed by atoms with Gasteiger partial charge in [0.15, 0.2) is 5.78 Å². The summed E-state index contributed by atoms with van der Waals surface area (Å²) in [5.41, 5.74) is 0.996. The molecule has 1 aliphatic rings. The lowest BCUT2D eigenvalue weighted by molar-refractivity contribution is -0.384. The summed E-state index contributed by atoms with van der Waals surface area (Å²) in [5, 5.41) is 10.6. The summed E-state index contributed by atoms with van der Waals surface area (Å²) < 4.78 is 0. The highest BCUT2D eigenvalue weighted by molar-refractivity contribution is 6.08. The first-order valence-corrected chi connectivity index (χ1v) is 7.27. The molecule has 0 aliphatic carbocycles. The number of hydrogen-bond acceptors (Lipinski definition) is 4. The second-order valence-corrected chi connectivity index (χ2v) is 5.43. The van der Waals surface area contributed by atoms with Gasteiger partial charge in [0.25, 0.3) is 5.69 Å². The van der Waals surface area contributed by atoms with Gasteiger partial charge >= 0.3 is 0 Å². The number of carbonyl (C=O) groups is 1. The number of nitro groups is 1. The number of nitro benzene ring substituents is 1. The van der Waals surface area contributed by atoms with Crippen LogP contribution in [0.5, 0.6) is 0 Å². The molecule has 0 saturated carbocycles. The van der Waals surface area contributed by atoms with Gasteiger partial charge in [-0.05, 0) is 38.1 Å². The average molecular weight is 325 g/mol. The topological polar surface area (TPSA) is 63.5 Å². The van der Waals surface area contributed by atoms with Crippen molar-refractivity contribution in [3.63, 3.8) is 0 Å². The van der Waals surface area contributed by atoms with E-state index in [1.54, 1.807) is 0 Å². The molecule has 0 atom stereocenters. The molecule has 1 aliphatic heterocycles. The number of halogens is 1. The van der Waals surface area contributed by atoms with Crippen LogP contribution in [-0.2, 0) is 0 Å². The van der Waals surface area contributed by atoms with Crippen molar-refractivity contribution in [1.82, 2.24) is 4.90 Å². The highest BCUT2D eigenvalue weighted by atomic mass is 35.5. The van der Waals surface area contributed by atoms with E-state index in [-0.39, 0.29) is 23.9 Å². The monoisotopic (exact) mass is 324 g/mol. The Morgan fingerprint density at radius 2 is 1.68 bits per heavy atom. The first-order valence-electron chi connectivity index (χ1n) is 7.27. The third kappa shape index (κ3) is 4.93.